The maximum absolute atomic E-state index is 12.4. The summed E-state index contributed by atoms with van der Waals surface area (Å²) < 4.78 is 0. The molecular formula is C16H23N3O. The minimum absolute atomic E-state index is 0.00168. The van der Waals surface area contributed by atoms with E-state index in [9.17, 15) is 4.79 Å². The molecule has 4 nitrogen and oxygen atoms in total. The van der Waals surface area contributed by atoms with Crippen LogP contribution < -0.4 is 5.32 Å². The number of carbonyl (C=O) groups is 1. The monoisotopic (exact) mass is 273 g/mol. The Balaban J connectivity index is 2.12. The zero-order valence-corrected chi connectivity index (χ0v) is 13.1. The van der Waals surface area contributed by atoms with Gasteiger partial charge in [0.1, 0.15) is 0 Å². The average Bonchev–Trinajstić information content (AvgIpc) is 2.77. The number of nitrogens with one attached hydrogen (secondary N) is 1. The van der Waals surface area contributed by atoms with Gasteiger partial charge in [0.2, 0.25) is 11.9 Å². The molecule has 1 aliphatic rings. The van der Waals surface area contributed by atoms with Crippen molar-refractivity contribution in [3.8, 4) is 0 Å². The molecule has 0 unspecified atom stereocenters. The highest BCUT2D eigenvalue weighted by molar-refractivity contribution is 5.94. The van der Waals surface area contributed by atoms with Gasteiger partial charge in [-0.05, 0) is 45.1 Å². The van der Waals surface area contributed by atoms with E-state index >= 15 is 0 Å². The molecule has 2 atom stereocenters. The molecule has 1 amide bonds. The van der Waals surface area contributed by atoms with Gasteiger partial charge < -0.3 is 0 Å². The molecule has 0 bridgehead atoms. The molecular weight excluding hydrogens is 250 g/mol. The SMILES string of the molecule is CC(C)=C[C@H]1[C@@H](C(=O)Nc2nc(C)cc(C)n2)C1(C)C. The zero-order chi connectivity index (χ0) is 15.1. The van der Waals surface area contributed by atoms with E-state index in [0.29, 0.717) is 11.9 Å². The van der Waals surface area contributed by atoms with Gasteiger partial charge in [-0.25, -0.2) is 9.97 Å². The van der Waals surface area contributed by atoms with Crippen LogP contribution in [0.15, 0.2) is 17.7 Å². The Bertz CT molecular complexity index is 551. The van der Waals surface area contributed by atoms with E-state index in [1.54, 1.807) is 0 Å². The lowest BCUT2D eigenvalue weighted by Crippen LogP contribution is -2.19. The van der Waals surface area contributed by atoms with Crippen molar-refractivity contribution in [3.63, 3.8) is 0 Å². The van der Waals surface area contributed by atoms with Crippen LogP contribution in [0.3, 0.4) is 0 Å². The van der Waals surface area contributed by atoms with E-state index in [1.807, 2.05) is 19.9 Å². The van der Waals surface area contributed by atoms with E-state index in [4.69, 9.17) is 0 Å². The summed E-state index contributed by atoms with van der Waals surface area (Å²) >= 11 is 0. The molecule has 4 heteroatoms. The third-order valence-electron chi connectivity index (χ3n) is 3.92. The number of rotatable bonds is 3. The molecule has 1 aromatic heterocycles. The third kappa shape index (κ3) is 2.89. The van der Waals surface area contributed by atoms with E-state index in [0.717, 1.165) is 11.4 Å². The number of nitrogens with zero attached hydrogens (tertiary/aromatic N) is 2. The first kappa shape index (κ1) is 14.7. The summed E-state index contributed by atoms with van der Waals surface area (Å²) in [4.78, 5) is 20.9. The van der Waals surface area contributed by atoms with Crippen molar-refractivity contribution in [3.05, 3.63) is 29.1 Å². The highest BCUT2D eigenvalue weighted by atomic mass is 16.2. The van der Waals surface area contributed by atoms with Crippen LogP contribution in [-0.2, 0) is 4.79 Å². The van der Waals surface area contributed by atoms with Crippen LogP contribution in [0.2, 0.25) is 0 Å². The quantitative estimate of drug-likeness (QED) is 0.860. The van der Waals surface area contributed by atoms with E-state index in [-0.39, 0.29) is 17.2 Å². The van der Waals surface area contributed by atoms with Crippen LogP contribution in [0.1, 0.15) is 39.1 Å². The summed E-state index contributed by atoms with van der Waals surface area (Å²) in [7, 11) is 0. The number of aromatic nitrogens is 2. The first-order valence-electron chi connectivity index (χ1n) is 7.00. The normalized spacial score (nSPS) is 23.1. The predicted octanol–water partition coefficient (Wildman–Crippen LogP) is 3.27. The van der Waals surface area contributed by atoms with Gasteiger partial charge in [-0.3, -0.25) is 10.1 Å². The van der Waals surface area contributed by atoms with Crippen LogP contribution in [0, 0.1) is 31.1 Å². The summed E-state index contributed by atoms with van der Waals surface area (Å²) in [5.41, 5.74) is 2.99. The van der Waals surface area contributed by atoms with Crippen molar-refractivity contribution < 1.29 is 4.79 Å². The second kappa shape index (κ2) is 5.00. The highest BCUT2D eigenvalue weighted by Crippen LogP contribution is 2.59. The van der Waals surface area contributed by atoms with E-state index < -0.39 is 0 Å². The topological polar surface area (TPSA) is 54.9 Å². The second-order valence-corrected chi connectivity index (χ2v) is 6.53. The Morgan fingerprint density at radius 2 is 1.80 bits per heavy atom. The Kier molecular flexibility index (Phi) is 3.67. The summed E-state index contributed by atoms with van der Waals surface area (Å²) in [6.45, 7) is 12.2. The number of anilines is 1. The second-order valence-electron chi connectivity index (χ2n) is 6.53. The molecule has 0 aromatic carbocycles. The number of aryl methyl sites for hydroxylation is 2. The smallest absolute Gasteiger partial charge is 0.231 e. The minimum atomic E-state index is 0.00168. The summed E-state index contributed by atoms with van der Waals surface area (Å²) in [6, 6.07) is 1.89. The molecule has 0 aliphatic heterocycles. The molecule has 1 heterocycles. The van der Waals surface area contributed by atoms with Crippen molar-refractivity contribution in [2.45, 2.75) is 41.5 Å². The maximum atomic E-state index is 12.4. The highest BCUT2D eigenvalue weighted by Gasteiger charge is 2.60. The fourth-order valence-electron chi connectivity index (χ4n) is 2.82. The lowest BCUT2D eigenvalue weighted by Gasteiger charge is -2.06. The Hall–Kier alpha value is -1.71. The van der Waals surface area contributed by atoms with Gasteiger partial charge in [-0.2, -0.15) is 0 Å². The molecule has 1 N–H and O–H groups in total. The largest absolute Gasteiger partial charge is 0.294 e. The Morgan fingerprint density at radius 3 is 2.30 bits per heavy atom. The van der Waals surface area contributed by atoms with Gasteiger partial charge in [0.15, 0.2) is 0 Å². The molecule has 0 radical (unpaired) electrons. The molecule has 0 spiro atoms. The van der Waals surface area contributed by atoms with Gasteiger partial charge in [0, 0.05) is 11.4 Å². The number of allylic oxidation sites excluding steroid dienone is 2. The third-order valence-corrected chi connectivity index (χ3v) is 3.92. The van der Waals surface area contributed by atoms with Crippen LogP contribution in [-0.4, -0.2) is 15.9 Å². The van der Waals surface area contributed by atoms with Gasteiger partial charge in [-0.1, -0.05) is 25.5 Å². The molecule has 1 fully saturated rings. The lowest BCUT2D eigenvalue weighted by molar-refractivity contribution is -0.118. The van der Waals surface area contributed by atoms with Crippen LogP contribution in [0.4, 0.5) is 5.95 Å². The average molecular weight is 273 g/mol. The molecule has 1 aromatic rings. The maximum Gasteiger partial charge on any atom is 0.231 e. The molecule has 1 saturated carbocycles. The summed E-state index contributed by atoms with van der Waals surface area (Å²) in [6.07, 6.45) is 2.19. The predicted molar refractivity (Wildman–Crippen MR) is 80.3 cm³/mol. The Labute approximate surface area is 120 Å². The van der Waals surface area contributed by atoms with Crippen molar-refractivity contribution in [2.75, 3.05) is 5.32 Å². The van der Waals surface area contributed by atoms with Crippen molar-refractivity contribution in [1.29, 1.82) is 0 Å². The number of hydrogen-bond acceptors (Lipinski definition) is 3. The standard InChI is InChI=1S/C16H23N3O/c1-9(2)7-12-13(16(12,5)6)14(20)19-15-17-10(3)8-11(4)18-15/h7-8,12-13H,1-6H3,(H,17,18,19,20)/t12-,13-/m0/s1. The molecule has 0 saturated heterocycles. The van der Waals surface area contributed by atoms with Crippen LogP contribution in [0.25, 0.3) is 0 Å². The minimum Gasteiger partial charge on any atom is -0.294 e. The van der Waals surface area contributed by atoms with E-state index in [2.05, 4.69) is 49.1 Å². The lowest BCUT2D eigenvalue weighted by atomic mass is 10.1. The molecule has 2 rings (SSSR count). The van der Waals surface area contributed by atoms with Gasteiger partial charge in [0.25, 0.3) is 0 Å². The number of carbonyl (C=O) groups excluding carboxylic acids is 1. The number of hydrogen-bond donors (Lipinski definition) is 1. The van der Waals surface area contributed by atoms with E-state index in [1.165, 1.54) is 5.57 Å². The van der Waals surface area contributed by atoms with Crippen LogP contribution >= 0.6 is 0 Å². The fraction of sp³-hybridized carbons (Fsp3) is 0.562. The van der Waals surface area contributed by atoms with Gasteiger partial charge in [-0.15, -0.1) is 0 Å². The summed E-state index contributed by atoms with van der Waals surface area (Å²) in [5, 5.41) is 2.85. The fourth-order valence-corrected chi connectivity index (χ4v) is 2.82. The first-order chi connectivity index (χ1) is 9.21. The first-order valence-corrected chi connectivity index (χ1v) is 7.00. The summed E-state index contributed by atoms with van der Waals surface area (Å²) in [5.74, 6) is 0.730. The Morgan fingerprint density at radius 1 is 1.25 bits per heavy atom. The zero-order valence-electron chi connectivity index (χ0n) is 13.1. The molecule has 20 heavy (non-hydrogen) atoms. The van der Waals surface area contributed by atoms with Gasteiger partial charge >= 0.3 is 0 Å². The van der Waals surface area contributed by atoms with Crippen molar-refractivity contribution >= 4 is 11.9 Å². The van der Waals surface area contributed by atoms with Crippen LogP contribution in [0.5, 0.6) is 0 Å². The van der Waals surface area contributed by atoms with Crippen molar-refractivity contribution in [1.82, 2.24) is 9.97 Å². The number of amides is 1. The molecule has 108 valence electrons. The van der Waals surface area contributed by atoms with Gasteiger partial charge in [0.05, 0.1) is 5.92 Å². The van der Waals surface area contributed by atoms with Crippen molar-refractivity contribution in [2.24, 2.45) is 17.3 Å². The molecule has 1 aliphatic carbocycles.